The number of carbonyl (C=O) groups is 2. The number of esters is 1. The van der Waals surface area contributed by atoms with Crippen molar-refractivity contribution in [2.75, 3.05) is 20.2 Å². The summed E-state index contributed by atoms with van der Waals surface area (Å²) in [5, 5.41) is 1.88. The molecule has 2 heterocycles. The molecule has 5 nitrogen and oxygen atoms in total. The second kappa shape index (κ2) is 7.08. The van der Waals surface area contributed by atoms with Gasteiger partial charge in [0.2, 0.25) is 0 Å². The monoisotopic (exact) mass is 306 g/mol. The number of methoxy groups -OCH3 is 1. The third kappa shape index (κ3) is 3.52. The second-order valence-electron chi connectivity index (χ2n) is 4.53. The van der Waals surface area contributed by atoms with Gasteiger partial charge in [-0.25, -0.2) is 0 Å². The smallest absolute Gasteiger partial charge is 0.325 e. The first kappa shape index (κ1) is 15.3. The third-order valence-corrected chi connectivity index (χ3v) is 3.94. The van der Waals surface area contributed by atoms with Gasteiger partial charge in [-0.3, -0.25) is 9.59 Å². The molecule has 0 aliphatic rings. The second-order valence-corrected chi connectivity index (χ2v) is 5.44. The molecule has 0 fully saturated rings. The Bertz CT molecular complexity index is 604. The van der Waals surface area contributed by atoms with Gasteiger partial charge in [-0.05, 0) is 30.0 Å². The zero-order chi connectivity index (χ0) is 15.2. The topological polar surface area (TPSA) is 51.5 Å². The van der Waals surface area contributed by atoms with E-state index in [1.54, 1.807) is 0 Å². The molecule has 0 unspecified atom stereocenters. The van der Waals surface area contributed by atoms with Crippen molar-refractivity contribution in [3.63, 3.8) is 0 Å². The number of rotatable bonds is 6. The van der Waals surface area contributed by atoms with Gasteiger partial charge in [-0.1, -0.05) is 6.92 Å². The largest absolute Gasteiger partial charge is 0.468 e. The lowest BCUT2D eigenvalue weighted by molar-refractivity contribution is -0.141. The van der Waals surface area contributed by atoms with E-state index in [4.69, 9.17) is 0 Å². The summed E-state index contributed by atoms with van der Waals surface area (Å²) in [5.74, 6) is -0.545. The molecule has 6 heteroatoms. The van der Waals surface area contributed by atoms with Gasteiger partial charge in [0.15, 0.2) is 0 Å². The average Bonchev–Trinajstić information content (AvgIpc) is 3.15. The molecule has 0 spiro atoms. The van der Waals surface area contributed by atoms with Crippen LogP contribution < -0.4 is 0 Å². The van der Waals surface area contributed by atoms with E-state index in [-0.39, 0.29) is 12.5 Å². The molecule has 21 heavy (non-hydrogen) atoms. The Balaban J connectivity index is 2.25. The molecule has 0 atom stereocenters. The SMILES string of the molecule is CCCN(CC(=O)OC)C(=O)c1sccc1-n1cccc1. The highest BCUT2D eigenvalue weighted by Crippen LogP contribution is 2.23. The maximum Gasteiger partial charge on any atom is 0.325 e. The molecule has 0 N–H and O–H groups in total. The highest BCUT2D eigenvalue weighted by atomic mass is 32.1. The number of ether oxygens (including phenoxy) is 1. The zero-order valence-electron chi connectivity index (χ0n) is 12.1. The summed E-state index contributed by atoms with van der Waals surface area (Å²) in [4.78, 5) is 26.3. The molecule has 0 bridgehead atoms. The van der Waals surface area contributed by atoms with E-state index in [0.717, 1.165) is 12.1 Å². The van der Waals surface area contributed by atoms with Crippen LogP contribution in [-0.4, -0.2) is 41.5 Å². The fourth-order valence-corrected chi connectivity index (χ4v) is 2.90. The van der Waals surface area contributed by atoms with Crippen molar-refractivity contribution in [1.82, 2.24) is 9.47 Å². The van der Waals surface area contributed by atoms with Crippen LogP contribution in [0.25, 0.3) is 5.69 Å². The number of nitrogens with zero attached hydrogens (tertiary/aromatic N) is 2. The number of hydrogen-bond acceptors (Lipinski definition) is 4. The average molecular weight is 306 g/mol. The van der Waals surface area contributed by atoms with E-state index in [1.807, 2.05) is 47.5 Å². The van der Waals surface area contributed by atoms with Gasteiger partial charge < -0.3 is 14.2 Å². The van der Waals surface area contributed by atoms with Gasteiger partial charge in [-0.15, -0.1) is 11.3 Å². The fourth-order valence-electron chi connectivity index (χ4n) is 2.05. The number of hydrogen-bond donors (Lipinski definition) is 0. The lowest BCUT2D eigenvalue weighted by Crippen LogP contribution is -2.36. The van der Waals surface area contributed by atoms with Crippen LogP contribution in [-0.2, 0) is 9.53 Å². The first-order valence-electron chi connectivity index (χ1n) is 6.74. The summed E-state index contributed by atoms with van der Waals surface area (Å²) in [6, 6.07) is 5.72. The van der Waals surface area contributed by atoms with E-state index in [9.17, 15) is 9.59 Å². The number of aromatic nitrogens is 1. The Kier molecular flexibility index (Phi) is 5.16. The molecule has 0 aliphatic heterocycles. The van der Waals surface area contributed by atoms with Crippen molar-refractivity contribution in [2.24, 2.45) is 0 Å². The van der Waals surface area contributed by atoms with Crippen molar-refractivity contribution < 1.29 is 14.3 Å². The predicted octanol–water partition coefficient (Wildman–Crippen LogP) is 2.56. The standard InChI is InChI=1S/C15H18N2O3S/c1-3-7-17(11-13(18)20-2)15(19)14-12(6-10-21-14)16-8-4-5-9-16/h4-6,8-10H,3,7,11H2,1-2H3. The lowest BCUT2D eigenvalue weighted by atomic mass is 10.3. The molecule has 0 radical (unpaired) electrons. The van der Waals surface area contributed by atoms with Crippen molar-refractivity contribution in [3.05, 3.63) is 40.8 Å². The van der Waals surface area contributed by atoms with Crippen LogP contribution in [0.3, 0.4) is 0 Å². The summed E-state index contributed by atoms with van der Waals surface area (Å²) < 4.78 is 6.56. The van der Waals surface area contributed by atoms with E-state index in [0.29, 0.717) is 11.4 Å². The molecule has 2 rings (SSSR count). The maximum atomic E-state index is 12.7. The van der Waals surface area contributed by atoms with Gasteiger partial charge in [0.25, 0.3) is 5.91 Å². The molecule has 0 aliphatic carbocycles. The van der Waals surface area contributed by atoms with Gasteiger partial charge in [0, 0.05) is 18.9 Å². The number of carbonyl (C=O) groups excluding carboxylic acids is 2. The van der Waals surface area contributed by atoms with Gasteiger partial charge in [-0.2, -0.15) is 0 Å². The molecule has 2 aromatic rings. The molecule has 0 aromatic carbocycles. The van der Waals surface area contributed by atoms with Crippen LogP contribution >= 0.6 is 11.3 Å². The summed E-state index contributed by atoms with van der Waals surface area (Å²) in [7, 11) is 1.33. The van der Waals surface area contributed by atoms with E-state index >= 15 is 0 Å². The van der Waals surface area contributed by atoms with Crippen molar-refractivity contribution in [1.29, 1.82) is 0 Å². The van der Waals surface area contributed by atoms with Crippen molar-refractivity contribution in [3.8, 4) is 5.69 Å². The molecule has 0 saturated heterocycles. The van der Waals surface area contributed by atoms with Crippen LogP contribution in [0.1, 0.15) is 23.0 Å². The van der Waals surface area contributed by atoms with Gasteiger partial charge in [0.1, 0.15) is 11.4 Å². The molecular formula is C15H18N2O3S. The quantitative estimate of drug-likeness (QED) is 0.771. The minimum Gasteiger partial charge on any atom is -0.468 e. The van der Waals surface area contributed by atoms with Crippen LogP contribution in [0.4, 0.5) is 0 Å². The predicted molar refractivity (Wildman–Crippen MR) is 81.9 cm³/mol. The van der Waals surface area contributed by atoms with E-state index in [1.165, 1.54) is 23.3 Å². The van der Waals surface area contributed by atoms with Crippen LogP contribution in [0, 0.1) is 0 Å². The Labute approximate surface area is 127 Å². The first-order valence-corrected chi connectivity index (χ1v) is 7.62. The van der Waals surface area contributed by atoms with Gasteiger partial charge in [0.05, 0.1) is 12.8 Å². The van der Waals surface area contributed by atoms with Gasteiger partial charge >= 0.3 is 5.97 Å². The molecule has 1 amide bonds. The van der Waals surface area contributed by atoms with Crippen LogP contribution in [0.15, 0.2) is 36.0 Å². The molecule has 2 aromatic heterocycles. The highest BCUT2D eigenvalue weighted by molar-refractivity contribution is 7.12. The Hall–Kier alpha value is -2.08. The third-order valence-electron chi connectivity index (χ3n) is 3.05. The fraction of sp³-hybridized carbons (Fsp3) is 0.333. The number of amides is 1. The summed E-state index contributed by atoms with van der Waals surface area (Å²) in [6.07, 6.45) is 4.57. The first-order chi connectivity index (χ1) is 10.2. The van der Waals surface area contributed by atoms with E-state index in [2.05, 4.69) is 4.74 Å². The summed E-state index contributed by atoms with van der Waals surface area (Å²) >= 11 is 1.38. The minimum atomic E-state index is -0.407. The van der Waals surface area contributed by atoms with Crippen LogP contribution in [0.5, 0.6) is 0 Å². The van der Waals surface area contributed by atoms with Crippen molar-refractivity contribution >= 4 is 23.2 Å². The molecule has 0 saturated carbocycles. The Morgan fingerprint density at radius 1 is 1.33 bits per heavy atom. The maximum absolute atomic E-state index is 12.7. The highest BCUT2D eigenvalue weighted by Gasteiger charge is 2.22. The summed E-state index contributed by atoms with van der Waals surface area (Å²) in [6.45, 7) is 2.47. The Morgan fingerprint density at radius 2 is 2.05 bits per heavy atom. The lowest BCUT2D eigenvalue weighted by Gasteiger charge is -2.20. The molecule has 112 valence electrons. The summed E-state index contributed by atoms with van der Waals surface area (Å²) in [5.41, 5.74) is 0.834. The number of thiophene rings is 1. The molecular weight excluding hydrogens is 288 g/mol. The van der Waals surface area contributed by atoms with E-state index < -0.39 is 5.97 Å². The minimum absolute atomic E-state index is 0.0216. The van der Waals surface area contributed by atoms with Crippen molar-refractivity contribution in [2.45, 2.75) is 13.3 Å². The van der Waals surface area contributed by atoms with Crippen LogP contribution in [0.2, 0.25) is 0 Å². The normalized spacial score (nSPS) is 10.4. The Morgan fingerprint density at radius 3 is 2.67 bits per heavy atom. The zero-order valence-corrected chi connectivity index (χ0v) is 12.9.